The average molecular weight is 295 g/mol. The Hall–Kier alpha value is -1.73. The van der Waals surface area contributed by atoms with Gasteiger partial charge in [0.25, 0.3) is 11.5 Å². The van der Waals surface area contributed by atoms with E-state index in [9.17, 15) is 9.59 Å². The molecule has 1 amide bonds. The van der Waals surface area contributed by atoms with Gasteiger partial charge >= 0.3 is 0 Å². The summed E-state index contributed by atoms with van der Waals surface area (Å²) in [5, 5.41) is 4.13. The molecule has 7 nitrogen and oxygen atoms in total. The van der Waals surface area contributed by atoms with Crippen molar-refractivity contribution in [2.45, 2.75) is 26.0 Å². The van der Waals surface area contributed by atoms with Gasteiger partial charge in [-0.1, -0.05) is 6.92 Å². The van der Waals surface area contributed by atoms with E-state index >= 15 is 0 Å². The second-order valence-electron chi connectivity index (χ2n) is 4.92. The molecule has 2 heterocycles. The predicted octanol–water partition coefficient (Wildman–Crippen LogP) is 0.141. The molecular formula is C14H21N3O4. The van der Waals surface area contributed by atoms with Gasteiger partial charge in [-0.3, -0.25) is 9.59 Å². The molecule has 0 saturated carbocycles. The van der Waals surface area contributed by atoms with E-state index in [4.69, 9.17) is 9.47 Å². The number of morpholine rings is 1. The Labute approximate surface area is 123 Å². The Morgan fingerprint density at radius 1 is 1.52 bits per heavy atom. The van der Waals surface area contributed by atoms with Crippen molar-refractivity contribution in [2.75, 3.05) is 33.4 Å². The Kier molecular flexibility index (Phi) is 5.46. The van der Waals surface area contributed by atoms with Gasteiger partial charge in [-0.25, -0.2) is 4.68 Å². The minimum atomic E-state index is -0.239. The Morgan fingerprint density at radius 2 is 2.33 bits per heavy atom. The molecule has 116 valence electrons. The van der Waals surface area contributed by atoms with Gasteiger partial charge in [0.05, 0.1) is 25.9 Å². The zero-order chi connectivity index (χ0) is 15.2. The molecule has 0 N–H and O–H groups in total. The van der Waals surface area contributed by atoms with E-state index in [2.05, 4.69) is 5.10 Å². The lowest BCUT2D eigenvalue weighted by Gasteiger charge is -2.32. The van der Waals surface area contributed by atoms with Gasteiger partial charge in [-0.05, 0) is 12.5 Å². The summed E-state index contributed by atoms with van der Waals surface area (Å²) in [5.74, 6) is -0.164. The van der Waals surface area contributed by atoms with Gasteiger partial charge < -0.3 is 14.4 Å². The summed E-state index contributed by atoms with van der Waals surface area (Å²) >= 11 is 0. The first kappa shape index (κ1) is 15.7. The van der Waals surface area contributed by atoms with Crippen LogP contribution in [0.15, 0.2) is 16.9 Å². The third-order valence-corrected chi connectivity index (χ3v) is 3.47. The van der Waals surface area contributed by atoms with Crippen molar-refractivity contribution in [3.05, 3.63) is 28.2 Å². The minimum Gasteiger partial charge on any atom is -0.383 e. The molecule has 2 rings (SSSR count). The Balaban J connectivity index is 2.13. The molecular weight excluding hydrogens is 274 g/mol. The summed E-state index contributed by atoms with van der Waals surface area (Å²) in [4.78, 5) is 25.9. The van der Waals surface area contributed by atoms with Gasteiger partial charge in [0, 0.05) is 26.3 Å². The van der Waals surface area contributed by atoms with E-state index in [0.29, 0.717) is 32.8 Å². The van der Waals surface area contributed by atoms with E-state index in [-0.39, 0.29) is 23.3 Å². The predicted molar refractivity (Wildman–Crippen MR) is 76.3 cm³/mol. The molecule has 1 atom stereocenters. The van der Waals surface area contributed by atoms with Crippen LogP contribution in [0.3, 0.4) is 0 Å². The van der Waals surface area contributed by atoms with Gasteiger partial charge in [-0.2, -0.15) is 5.10 Å². The molecule has 0 aromatic carbocycles. The number of aromatic nitrogens is 2. The van der Waals surface area contributed by atoms with Crippen LogP contribution in [0.4, 0.5) is 0 Å². The highest BCUT2D eigenvalue weighted by atomic mass is 16.5. The molecule has 1 aromatic rings. The maximum absolute atomic E-state index is 12.5. The number of nitrogens with zero attached hydrogens (tertiary/aromatic N) is 3. The zero-order valence-corrected chi connectivity index (χ0v) is 12.4. The maximum Gasteiger partial charge on any atom is 0.274 e. The lowest BCUT2D eigenvalue weighted by Crippen LogP contribution is -2.46. The van der Waals surface area contributed by atoms with Gasteiger partial charge in [0.1, 0.15) is 5.69 Å². The molecule has 1 aliphatic rings. The standard InChI is InChI=1S/C14H21N3O4/c1-3-11-10-16(6-9-21-11)14(19)12-4-5-13(18)17(15-12)7-8-20-2/h4-5,11H,3,6-10H2,1-2H3. The Bertz CT molecular complexity index is 543. The second kappa shape index (κ2) is 7.33. The van der Waals surface area contributed by atoms with Crippen molar-refractivity contribution in [1.29, 1.82) is 0 Å². The SMILES string of the molecule is CCC1CN(C(=O)c2ccc(=O)n(CCOC)n2)CCO1. The third kappa shape index (κ3) is 3.89. The fourth-order valence-corrected chi connectivity index (χ4v) is 2.21. The van der Waals surface area contributed by atoms with Crippen LogP contribution < -0.4 is 5.56 Å². The molecule has 7 heteroatoms. The highest BCUT2D eigenvalue weighted by Crippen LogP contribution is 2.10. The van der Waals surface area contributed by atoms with Gasteiger partial charge in [0.2, 0.25) is 0 Å². The van der Waals surface area contributed by atoms with Crippen LogP contribution >= 0.6 is 0 Å². The highest BCUT2D eigenvalue weighted by molar-refractivity contribution is 5.92. The fourth-order valence-electron chi connectivity index (χ4n) is 2.21. The number of carbonyl (C=O) groups is 1. The number of amides is 1. The van der Waals surface area contributed by atoms with E-state index in [1.807, 2.05) is 6.92 Å². The van der Waals surface area contributed by atoms with E-state index in [0.717, 1.165) is 6.42 Å². The first-order chi connectivity index (χ1) is 10.2. The van der Waals surface area contributed by atoms with Crippen LogP contribution in [0, 0.1) is 0 Å². The smallest absolute Gasteiger partial charge is 0.274 e. The molecule has 1 aromatic heterocycles. The molecule has 0 radical (unpaired) electrons. The maximum atomic E-state index is 12.5. The van der Waals surface area contributed by atoms with Crippen molar-refractivity contribution in [3.8, 4) is 0 Å². The van der Waals surface area contributed by atoms with Crippen molar-refractivity contribution in [1.82, 2.24) is 14.7 Å². The summed E-state index contributed by atoms with van der Waals surface area (Å²) in [7, 11) is 1.55. The van der Waals surface area contributed by atoms with Crippen molar-refractivity contribution in [3.63, 3.8) is 0 Å². The monoisotopic (exact) mass is 295 g/mol. The number of ether oxygens (including phenoxy) is 2. The molecule has 0 aliphatic carbocycles. The number of methoxy groups -OCH3 is 1. The fraction of sp³-hybridized carbons (Fsp3) is 0.643. The topological polar surface area (TPSA) is 73.7 Å². The lowest BCUT2D eigenvalue weighted by atomic mass is 10.2. The second-order valence-corrected chi connectivity index (χ2v) is 4.92. The van der Waals surface area contributed by atoms with Gasteiger partial charge in [-0.15, -0.1) is 0 Å². The third-order valence-electron chi connectivity index (χ3n) is 3.47. The van der Waals surface area contributed by atoms with Crippen LogP contribution in [-0.2, 0) is 16.0 Å². The van der Waals surface area contributed by atoms with Crippen LogP contribution in [0.5, 0.6) is 0 Å². The number of rotatable bonds is 5. The summed E-state index contributed by atoms with van der Waals surface area (Å²) in [6.45, 7) is 4.38. The quantitative estimate of drug-likeness (QED) is 0.772. The van der Waals surface area contributed by atoms with E-state index < -0.39 is 0 Å². The lowest BCUT2D eigenvalue weighted by molar-refractivity contribution is -0.0229. The Morgan fingerprint density at radius 3 is 3.05 bits per heavy atom. The van der Waals surface area contributed by atoms with Crippen molar-refractivity contribution >= 4 is 5.91 Å². The normalized spacial score (nSPS) is 18.8. The number of hydrogen-bond acceptors (Lipinski definition) is 5. The van der Waals surface area contributed by atoms with E-state index in [1.165, 1.54) is 16.8 Å². The van der Waals surface area contributed by atoms with Crippen LogP contribution in [-0.4, -0.2) is 60.1 Å². The summed E-state index contributed by atoms with van der Waals surface area (Å²) in [5.41, 5.74) is 0.0412. The molecule has 1 saturated heterocycles. The summed E-state index contributed by atoms with van der Waals surface area (Å²) in [6, 6.07) is 2.85. The summed E-state index contributed by atoms with van der Waals surface area (Å²) < 4.78 is 11.7. The molecule has 1 aliphatic heterocycles. The molecule has 0 spiro atoms. The molecule has 0 bridgehead atoms. The highest BCUT2D eigenvalue weighted by Gasteiger charge is 2.25. The molecule has 21 heavy (non-hydrogen) atoms. The summed E-state index contributed by atoms with van der Waals surface area (Å²) in [6.07, 6.45) is 0.937. The minimum absolute atomic E-state index is 0.0714. The van der Waals surface area contributed by atoms with Gasteiger partial charge in [0.15, 0.2) is 0 Å². The van der Waals surface area contributed by atoms with Crippen molar-refractivity contribution < 1.29 is 14.3 Å². The first-order valence-electron chi connectivity index (χ1n) is 7.13. The average Bonchev–Trinajstić information content (AvgIpc) is 2.53. The van der Waals surface area contributed by atoms with Crippen LogP contribution in [0.1, 0.15) is 23.8 Å². The van der Waals surface area contributed by atoms with Crippen LogP contribution in [0.2, 0.25) is 0 Å². The molecule has 1 unspecified atom stereocenters. The first-order valence-corrected chi connectivity index (χ1v) is 7.13. The van der Waals surface area contributed by atoms with Crippen molar-refractivity contribution in [2.24, 2.45) is 0 Å². The van der Waals surface area contributed by atoms with E-state index in [1.54, 1.807) is 12.0 Å². The number of hydrogen-bond donors (Lipinski definition) is 0. The van der Waals surface area contributed by atoms with Crippen LogP contribution in [0.25, 0.3) is 0 Å². The molecule has 1 fully saturated rings. The number of carbonyl (C=O) groups excluding carboxylic acids is 1. The zero-order valence-electron chi connectivity index (χ0n) is 12.4. The largest absolute Gasteiger partial charge is 0.383 e.